The Hall–Kier alpha value is -4.62. The van der Waals surface area contributed by atoms with Crippen LogP contribution in [-0.4, -0.2) is 0 Å². The van der Waals surface area contributed by atoms with E-state index in [2.05, 4.69) is 183 Å². The summed E-state index contributed by atoms with van der Waals surface area (Å²) < 4.78 is 0. The fourth-order valence-corrected chi connectivity index (χ4v) is 10.1. The second kappa shape index (κ2) is 11.7. The van der Waals surface area contributed by atoms with Crippen molar-refractivity contribution in [2.24, 2.45) is 16.7 Å². The number of fused-ring (bicyclic) bond motifs is 5. The number of allylic oxidation sites excluding steroid dienone is 9. The predicted octanol–water partition coefficient (Wildman–Crippen LogP) is 14.1. The van der Waals surface area contributed by atoms with Gasteiger partial charge in [0.05, 0.1) is 0 Å². The van der Waals surface area contributed by atoms with E-state index in [-0.39, 0.29) is 16.2 Å². The minimum Gasteiger partial charge on any atom is -0.311 e. The van der Waals surface area contributed by atoms with Crippen LogP contribution in [0.2, 0.25) is 0 Å². The van der Waals surface area contributed by atoms with Gasteiger partial charge in [-0.2, -0.15) is 0 Å². The van der Waals surface area contributed by atoms with Crippen molar-refractivity contribution < 1.29 is 0 Å². The Balaban J connectivity index is 1.25. The average Bonchev–Trinajstić information content (AvgIpc) is 3.45. The molecule has 0 bridgehead atoms. The van der Waals surface area contributed by atoms with Gasteiger partial charge in [0.15, 0.2) is 0 Å². The molecule has 0 amide bonds. The van der Waals surface area contributed by atoms with Gasteiger partial charge >= 0.3 is 0 Å². The summed E-state index contributed by atoms with van der Waals surface area (Å²) >= 11 is 0. The molecule has 0 fully saturated rings. The molecule has 0 aromatic heterocycles. The zero-order valence-corrected chi connectivity index (χ0v) is 32.3. The quantitative estimate of drug-likeness (QED) is 0.205. The van der Waals surface area contributed by atoms with Crippen molar-refractivity contribution in [2.75, 3.05) is 4.90 Å². The number of benzene rings is 4. The van der Waals surface area contributed by atoms with Crippen LogP contribution in [0.1, 0.15) is 97.4 Å². The molecule has 4 aliphatic rings. The fourth-order valence-electron chi connectivity index (χ4n) is 10.1. The van der Waals surface area contributed by atoms with Gasteiger partial charge in [-0.25, -0.2) is 0 Å². The van der Waals surface area contributed by atoms with Crippen molar-refractivity contribution in [1.82, 2.24) is 0 Å². The highest BCUT2D eigenvalue weighted by atomic mass is 15.1. The Bertz CT molecular complexity index is 2260. The molecule has 0 spiro atoms. The fraction of sp³-hybridized carbons (Fsp3) is 0.320. The van der Waals surface area contributed by atoms with E-state index >= 15 is 0 Å². The first-order valence-electron chi connectivity index (χ1n) is 19.0. The Morgan fingerprint density at radius 1 is 0.725 bits per heavy atom. The molecular weight excluding hydrogens is 615 g/mol. The van der Waals surface area contributed by atoms with Crippen LogP contribution in [0.25, 0.3) is 27.8 Å². The second-order valence-corrected chi connectivity index (χ2v) is 17.2. The molecule has 0 heterocycles. The first-order chi connectivity index (χ1) is 24.2. The maximum Gasteiger partial charge on any atom is 0.0464 e. The van der Waals surface area contributed by atoms with E-state index in [9.17, 15) is 0 Å². The van der Waals surface area contributed by atoms with E-state index in [4.69, 9.17) is 0 Å². The molecule has 51 heavy (non-hydrogen) atoms. The minimum absolute atomic E-state index is 0.0113. The zero-order chi connectivity index (χ0) is 36.0. The van der Waals surface area contributed by atoms with Crippen molar-refractivity contribution >= 4 is 16.9 Å². The molecule has 2 atom stereocenters. The molecule has 0 aliphatic heterocycles. The van der Waals surface area contributed by atoms with Gasteiger partial charge in [-0.05, 0) is 144 Å². The second-order valence-electron chi connectivity index (χ2n) is 17.2. The highest BCUT2D eigenvalue weighted by Gasteiger charge is 2.52. The number of anilines is 2. The highest BCUT2D eigenvalue weighted by Crippen LogP contribution is 2.64. The van der Waals surface area contributed by atoms with Crippen LogP contribution in [0.15, 0.2) is 137 Å². The van der Waals surface area contributed by atoms with Crippen LogP contribution in [0.4, 0.5) is 11.4 Å². The SMILES string of the molecule is CC(C)=C(C)c1cc(-c2ccc(N(C3=CCC4(C)C(=C3)C(C)(C)C3=C4C=CCC3C)c3ccc4c(c3)C(C)(C)c3ccccc3-4)cc2)ccc1C. The minimum atomic E-state index is -0.0685. The number of aryl methyl sites for hydroxylation is 1. The average molecular weight is 668 g/mol. The summed E-state index contributed by atoms with van der Waals surface area (Å²) in [5.74, 6) is 0.568. The third kappa shape index (κ3) is 5.02. The highest BCUT2D eigenvalue weighted by molar-refractivity contribution is 5.85. The summed E-state index contributed by atoms with van der Waals surface area (Å²) in [7, 11) is 0. The van der Waals surface area contributed by atoms with Crippen molar-refractivity contribution in [3.05, 3.63) is 159 Å². The van der Waals surface area contributed by atoms with Gasteiger partial charge in [0.1, 0.15) is 0 Å². The molecule has 8 rings (SSSR count). The number of nitrogens with zero attached hydrogens (tertiary/aromatic N) is 1. The van der Waals surface area contributed by atoms with Crippen LogP contribution >= 0.6 is 0 Å². The van der Waals surface area contributed by atoms with Crippen LogP contribution in [0, 0.1) is 23.7 Å². The summed E-state index contributed by atoms with van der Waals surface area (Å²) in [5, 5.41) is 0. The topological polar surface area (TPSA) is 3.24 Å². The molecule has 0 N–H and O–H groups in total. The Morgan fingerprint density at radius 2 is 1.41 bits per heavy atom. The number of rotatable bonds is 5. The lowest BCUT2D eigenvalue weighted by Gasteiger charge is -2.39. The van der Waals surface area contributed by atoms with Crippen molar-refractivity contribution in [3.63, 3.8) is 0 Å². The predicted molar refractivity (Wildman–Crippen MR) is 219 cm³/mol. The zero-order valence-electron chi connectivity index (χ0n) is 32.3. The largest absolute Gasteiger partial charge is 0.311 e. The summed E-state index contributed by atoms with van der Waals surface area (Å²) in [6.07, 6.45) is 12.1. The Morgan fingerprint density at radius 3 is 2.16 bits per heavy atom. The van der Waals surface area contributed by atoms with Gasteiger partial charge in [-0.1, -0.05) is 126 Å². The monoisotopic (exact) mass is 667 g/mol. The van der Waals surface area contributed by atoms with Gasteiger partial charge in [0, 0.05) is 33.3 Å². The van der Waals surface area contributed by atoms with Crippen LogP contribution in [0.5, 0.6) is 0 Å². The molecule has 2 unspecified atom stereocenters. The van der Waals surface area contributed by atoms with E-state index in [1.165, 1.54) is 72.7 Å². The third-order valence-corrected chi connectivity index (χ3v) is 13.0. The molecular formula is C50H53N. The van der Waals surface area contributed by atoms with Gasteiger partial charge in [-0.15, -0.1) is 0 Å². The summed E-state index contributed by atoms with van der Waals surface area (Å²) in [5.41, 5.74) is 21.8. The van der Waals surface area contributed by atoms with Gasteiger partial charge < -0.3 is 4.90 Å². The van der Waals surface area contributed by atoms with E-state index in [1.54, 1.807) is 16.7 Å². The van der Waals surface area contributed by atoms with E-state index in [0.29, 0.717) is 5.92 Å². The first kappa shape index (κ1) is 33.5. The molecule has 1 nitrogen and oxygen atoms in total. The molecule has 4 aromatic rings. The lowest BCUT2D eigenvalue weighted by atomic mass is 9.68. The smallest absolute Gasteiger partial charge is 0.0464 e. The maximum absolute atomic E-state index is 2.55. The van der Waals surface area contributed by atoms with E-state index in [1.807, 2.05) is 0 Å². The standard InChI is InChI=1S/C50H53N/c1-31(2)34(5)42-28-36(19-18-32(42)3)35-20-22-37(23-21-35)51(38-24-25-41-40-15-11-12-16-43(40)48(6,7)45(41)29-38)39-26-27-50(10)44-17-13-14-33(4)47(44)49(8,9)46(50)30-39/h11-13,15-26,28-30,33H,14,27H2,1-10H3. The summed E-state index contributed by atoms with van der Waals surface area (Å²) in [6, 6.07) is 32.3. The first-order valence-corrected chi connectivity index (χ1v) is 19.0. The lowest BCUT2D eigenvalue weighted by molar-refractivity contribution is 0.412. The molecule has 4 aliphatic carbocycles. The van der Waals surface area contributed by atoms with Crippen molar-refractivity contribution in [1.29, 1.82) is 0 Å². The van der Waals surface area contributed by atoms with Gasteiger partial charge in [0.2, 0.25) is 0 Å². The van der Waals surface area contributed by atoms with E-state index in [0.717, 1.165) is 12.8 Å². The molecule has 1 heteroatoms. The number of hydrogen-bond acceptors (Lipinski definition) is 1. The molecule has 4 aromatic carbocycles. The lowest BCUT2D eigenvalue weighted by Crippen LogP contribution is -2.28. The molecule has 258 valence electrons. The third-order valence-electron chi connectivity index (χ3n) is 13.0. The van der Waals surface area contributed by atoms with Gasteiger partial charge in [-0.3, -0.25) is 0 Å². The molecule has 0 radical (unpaired) electrons. The number of hydrogen-bond donors (Lipinski definition) is 0. The van der Waals surface area contributed by atoms with Gasteiger partial charge in [0.25, 0.3) is 0 Å². The molecule has 0 saturated heterocycles. The van der Waals surface area contributed by atoms with Crippen LogP contribution in [0.3, 0.4) is 0 Å². The van der Waals surface area contributed by atoms with Crippen molar-refractivity contribution in [3.8, 4) is 22.3 Å². The summed E-state index contributed by atoms with van der Waals surface area (Å²) in [6.45, 7) is 23.5. The maximum atomic E-state index is 2.55. The Labute approximate surface area is 306 Å². The normalized spacial score (nSPS) is 22.0. The summed E-state index contributed by atoms with van der Waals surface area (Å²) in [4.78, 5) is 2.52. The van der Waals surface area contributed by atoms with Crippen molar-refractivity contribution in [2.45, 2.75) is 87.5 Å². The molecule has 0 saturated carbocycles. The Kier molecular flexibility index (Phi) is 7.69. The van der Waals surface area contributed by atoms with Crippen LogP contribution < -0.4 is 4.90 Å². The van der Waals surface area contributed by atoms with Crippen LogP contribution in [-0.2, 0) is 5.41 Å². The van der Waals surface area contributed by atoms with E-state index < -0.39 is 0 Å².